The minimum absolute atomic E-state index is 0.0787. The molecule has 142 valence electrons. The standard InChI is InChI=1S/C21H16N6O2/c28-20(13-6-2-1-3-7-13)26-14-10-22-21(23-11-14)27-19-18-17(24-12-25-19)15-8-4-5-9-16(15)29-18/h1-12,15-16H,(H,26,28)(H,22,23,24,25,27). The highest BCUT2D eigenvalue weighted by Crippen LogP contribution is 2.43. The zero-order valence-corrected chi connectivity index (χ0v) is 15.2. The summed E-state index contributed by atoms with van der Waals surface area (Å²) < 4.78 is 6.00. The molecular weight excluding hydrogens is 368 g/mol. The number of fused-ring (bicyclic) bond motifs is 3. The number of hydrogen-bond donors (Lipinski definition) is 2. The van der Waals surface area contributed by atoms with Crippen LogP contribution < -0.4 is 15.4 Å². The number of allylic oxidation sites excluding steroid dienone is 2. The molecule has 0 bridgehead atoms. The number of nitrogens with one attached hydrogen (secondary N) is 2. The Morgan fingerprint density at radius 2 is 1.76 bits per heavy atom. The van der Waals surface area contributed by atoms with Crippen molar-refractivity contribution >= 4 is 23.4 Å². The third-order valence-electron chi connectivity index (χ3n) is 4.66. The second kappa shape index (κ2) is 7.16. The van der Waals surface area contributed by atoms with E-state index in [1.165, 1.54) is 18.7 Å². The van der Waals surface area contributed by atoms with Crippen LogP contribution in [0.15, 0.2) is 73.4 Å². The van der Waals surface area contributed by atoms with E-state index in [0.29, 0.717) is 28.8 Å². The van der Waals surface area contributed by atoms with E-state index in [4.69, 9.17) is 4.74 Å². The van der Waals surface area contributed by atoms with E-state index < -0.39 is 0 Å². The van der Waals surface area contributed by atoms with Gasteiger partial charge in [-0.3, -0.25) is 4.79 Å². The second-order valence-electron chi connectivity index (χ2n) is 6.56. The van der Waals surface area contributed by atoms with Crippen LogP contribution in [-0.2, 0) is 0 Å². The summed E-state index contributed by atoms with van der Waals surface area (Å²) >= 11 is 0. The van der Waals surface area contributed by atoms with E-state index in [2.05, 4.69) is 36.6 Å². The van der Waals surface area contributed by atoms with E-state index in [9.17, 15) is 4.79 Å². The summed E-state index contributed by atoms with van der Waals surface area (Å²) in [5, 5.41) is 5.83. The molecule has 1 aliphatic carbocycles. The molecule has 0 spiro atoms. The molecule has 0 saturated carbocycles. The normalized spacial score (nSPS) is 18.5. The first kappa shape index (κ1) is 17.1. The Labute approximate surface area is 166 Å². The first-order chi connectivity index (χ1) is 14.3. The Balaban J connectivity index is 1.31. The summed E-state index contributed by atoms with van der Waals surface area (Å²) in [6.45, 7) is 0. The number of ether oxygens (including phenoxy) is 1. The van der Waals surface area contributed by atoms with Gasteiger partial charge in [0.05, 0.1) is 29.7 Å². The minimum atomic E-state index is -0.222. The summed E-state index contributed by atoms with van der Waals surface area (Å²) in [6, 6.07) is 8.95. The highest BCUT2D eigenvalue weighted by Gasteiger charge is 2.35. The number of amides is 1. The van der Waals surface area contributed by atoms with Crippen LogP contribution in [0.2, 0.25) is 0 Å². The molecule has 29 heavy (non-hydrogen) atoms. The van der Waals surface area contributed by atoms with Gasteiger partial charge in [-0.25, -0.2) is 19.9 Å². The molecule has 0 fully saturated rings. The number of hydrogen-bond acceptors (Lipinski definition) is 7. The molecule has 3 heterocycles. The van der Waals surface area contributed by atoms with Gasteiger partial charge in [0.1, 0.15) is 12.4 Å². The van der Waals surface area contributed by atoms with Crippen molar-refractivity contribution in [1.82, 2.24) is 19.9 Å². The fourth-order valence-electron chi connectivity index (χ4n) is 3.27. The van der Waals surface area contributed by atoms with Crippen molar-refractivity contribution in [3.05, 3.63) is 84.6 Å². The zero-order valence-electron chi connectivity index (χ0n) is 15.2. The Morgan fingerprint density at radius 1 is 0.966 bits per heavy atom. The second-order valence-corrected chi connectivity index (χ2v) is 6.56. The highest BCUT2D eigenvalue weighted by atomic mass is 16.5. The molecule has 2 N–H and O–H groups in total. The van der Waals surface area contributed by atoms with Gasteiger partial charge in [-0.15, -0.1) is 0 Å². The third-order valence-corrected chi connectivity index (χ3v) is 4.66. The van der Waals surface area contributed by atoms with Gasteiger partial charge in [-0.1, -0.05) is 36.4 Å². The van der Waals surface area contributed by atoms with Crippen molar-refractivity contribution in [3.63, 3.8) is 0 Å². The van der Waals surface area contributed by atoms with Crippen LogP contribution >= 0.6 is 0 Å². The Kier molecular flexibility index (Phi) is 4.21. The molecule has 0 radical (unpaired) electrons. The maximum absolute atomic E-state index is 12.2. The lowest BCUT2D eigenvalue weighted by atomic mass is 9.96. The summed E-state index contributed by atoms with van der Waals surface area (Å²) in [7, 11) is 0. The van der Waals surface area contributed by atoms with Crippen LogP contribution in [0.4, 0.5) is 17.5 Å². The van der Waals surface area contributed by atoms with Gasteiger partial charge in [0, 0.05) is 5.56 Å². The SMILES string of the molecule is O=C(Nc1cnc(Nc2ncnc3c2OC2C=CC=CC32)nc1)c1ccccc1. The molecule has 3 aromatic rings. The fourth-order valence-corrected chi connectivity index (χ4v) is 3.27. The zero-order chi connectivity index (χ0) is 19.6. The molecule has 1 aliphatic heterocycles. The highest BCUT2D eigenvalue weighted by molar-refractivity contribution is 6.04. The van der Waals surface area contributed by atoms with E-state index in [1.54, 1.807) is 12.1 Å². The average Bonchev–Trinajstić information content (AvgIpc) is 3.16. The lowest BCUT2D eigenvalue weighted by Gasteiger charge is -2.13. The van der Waals surface area contributed by atoms with E-state index in [-0.39, 0.29) is 17.9 Å². The van der Waals surface area contributed by atoms with Crippen molar-refractivity contribution in [2.24, 2.45) is 0 Å². The molecule has 8 heteroatoms. The van der Waals surface area contributed by atoms with Crippen LogP contribution in [-0.4, -0.2) is 31.9 Å². The van der Waals surface area contributed by atoms with Crippen LogP contribution in [0.1, 0.15) is 22.0 Å². The van der Waals surface area contributed by atoms with Gasteiger partial charge < -0.3 is 15.4 Å². The van der Waals surface area contributed by atoms with Gasteiger partial charge >= 0.3 is 0 Å². The number of rotatable bonds is 4. The van der Waals surface area contributed by atoms with E-state index in [1.807, 2.05) is 36.4 Å². The quantitative estimate of drug-likeness (QED) is 0.712. The van der Waals surface area contributed by atoms with Gasteiger partial charge in [-0.2, -0.15) is 0 Å². The van der Waals surface area contributed by atoms with Crippen molar-refractivity contribution in [3.8, 4) is 5.75 Å². The number of carbonyl (C=O) groups is 1. The van der Waals surface area contributed by atoms with E-state index in [0.717, 1.165) is 5.69 Å². The predicted octanol–water partition coefficient (Wildman–Crippen LogP) is 3.23. The monoisotopic (exact) mass is 384 g/mol. The maximum atomic E-state index is 12.2. The summed E-state index contributed by atoms with van der Waals surface area (Å²) in [6.07, 6.45) is 12.5. The largest absolute Gasteiger partial charge is 0.479 e. The molecule has 2 aromatic heterocycles. The van der Waals surface area contributed by atoms with Crippen LogP contribution in [0, 0.1) is 0 Å². The van der Waals surface area contributed by atoms with Gasteiger partial charge in [0.15, 0.2) is 11.6 Å². The number of anilines is 3. The fraction of sp³-hybridized carbons (Fsp3) is 0.0952. The third kappa shape index (κ3) is 3.31. The van der Waals surface area contributed by atoms with Crippen molar-refractivity contribution < 1.29 is 9.53 Å². The number of aromatic nitrogens is 4. The predicted molar refractivity (Wildman–Crippen MR) is 107 cm³/mol. The molecule has 5 rings (SSSR count). The Bertz CT molecular complexity index is 1110. The topological polar surface area (TPSA) is 102 Å². The number of benzene rings is 1. The molecule has 0 saturated heterocycles. The Hall–Kier alpha value is -4.07. The van der Waals surface area contributed by atoms with Gasteiger partial charge in [-0.05, 0) is 18.2 Å². The first-order valence-corrected chi connectivity index (χ1v) is 9.10. The molecule has 8 nitrogen and oxygen atoms in total. The summed E-state index contributed by atoms with van der Waals surface area (Å²) in [5.74, 6) is 1.31. The molecule has 1 amide bonds. The van der Waals surface area contributed by atoms with Gasteiger partial charge in [0.25, 0.3) is 5.91 Å². The molecule has 2 atom stereocenters. The molecule has 2 aliphatic rings. The van der Waals surface area contributed by atoms with Crippen molar-refractivity contribution in [1.29, 1.82) is 0 Å². The van der Waals surface area contributed by atoms with Crippen molar-refractivity contribution in [2.75, 3.05) is 10.6 Å². The smallest absolute Gasteiger partial charge is 0.255 e. The molecule has 1 aromatic carbocycles. The first-order valence-electron chi connectivity index (χ1n) is 9.10. The van der Waals surface area contributed by atoms with Gasteiger partial charge in [0.2, 0.25) is 5.95 Å². The maximum Gasteiger partial charge on any atom is 0.255 e. The van der Waals surface area contributed by atoms with Crippen LogP contribution in [0.3, 0.4) is 0 Å². The van der Waals surface area contributed by atoms with Crippen LogP contribution in [0.5, 0.6) is 5.75 Å². The summed E-state index contributed by atoms with van der Waals surface area (Å²) in [5.41, 5.74) is 1.89. The minimum Gasteiger partial charge on any atom is -0.479 e. The summed E-state index contributed by atoms with van der Waals surface area (Å²) in [4.78, 5) is 29.4. The molecular formula is C21H16N6O2. The Morgan fingerprint density at radius 3 is 2.59 bits per heavy atom. The average molecular weight is 384 g/mol. The van der Waals surface area contributed by atoms with Crippen LogP contribution in [0.25, 0.3) is 0 Å². The van der Waals surface area contributed by atoms with E-state index >= 15 is 0 Å². The molecule has 2 unspecified atom stereocenters. The lowest BCUT2D eigenvalue weighted by molar-refractivity contribution is 0.102. The lowest BCUT2D eigenvalue weighted by Crippen LogP contribution is -2.16. The van der Waals surface area contributed by atoms with Crippen molar-refractivity contribution in [2.45, 2.75) is 12.0 Å². The number of nitrogens with zero attached hydrogens (tertiary/aromatic N) is 4. The number of carbonyl (C=O) groups excluding carboxylic acids is 1.